The van der Waals surface area contributed by atoms with Crippen LogP contribution in [0.25, 0.3) is 0 Å². The Morgan fingerprint density at radius 2 is 1.95 bits per heavy atom. The predicted octanol–water partition coefficient (Wildman–Crippen LogP) is 1.20. The van der Waals surface area contributed by atoms with Gasteiger partial charge in [0.2, 0.25) is 0 Å². The van der Waals surface area contributed by atoms with Crippen LogP contribution < -0.4 is 15.6 Å². The van der Waals surface area contributed by atoms with Crippen molar-refractivity contribution in [3.05, 3.63) is 40.9 Å². The van der Waals surface area contributed by atoms with Crippen LogP contribution in [0.3, 0.4) is 0 Å². The third-order valence-corrected chi connectivity index (χ3v) is 2.73. The van der Waals surface area contributed by atoms with Crippen molar-refractivity contribution in [3.8, 4) is 5.75 Å². The zero-order chi connectivity index (χ0) is 16.7. The lowest BCUT2D eigenvalue weighted by atomic mass is 10.2. The van der Waals surface area contributed by atoms with Gasteiger partial charge in [0.1, 0.15) is 5.75 Å². The van der Waals surface area contributed by atoms with Crippen LogP contribution >= 0.6 is 11.6 Å². The number of carboxylic acids is 1. The first-order chi connectivity index (χ1) is 10.3. The van der Waals surface area contributed by atoms with Gasteiger partial charge in [-0.15, -0.1) is 0 Å². The first-order valence-electron chi connectivity index (χ1n) is 6.23. The van der Waals surface area contributed by atoms with Gasteiger partial charge in [0, 0.05) is 17.2 Å². The van der Waals surface area contributed by atoms with E-state index in [1.165, 1.54) is 6.92 Å². The molecule has 2 amide bonds. The van der Waals surface area contributed by atoms with Gasteiger partial charge in [-0.25, -0.2) is 4.79 Å². The fourth-order valence-corrected chi connectivity index (χ4v) is 1.63. The molecule has 0 unspecified atom stereocenters. The third kappa shape index (κ3) is 5.84. The highest BCUT2D eigenvalue weighted by molar-refractivity contribution is 6.30. The van der Waals surface area contributed by atoms with Crippen molar-refractivity contribution in [2.45, 2.75) is 20.0 Å². The second-order valence-corrected chi connectivity index (χ2v) is 4.76. The Morgan fingerprint density at radius 1 is 1.27 bits per heavy atom. The molecule has 1 atom stereocenters. The number of ether oxygens (including phenoxy) is 1. The lowest BCUT2D eigenvalue weighted by Crippen LogP contribution is -2.46. The maximum atomic E-state index is 11.8. The summed E-state index contributed by atoms with van der Waals surface area (Å²) in [6.07, 6.45) is 0.555. The summed E-state index contributed by atoms with van der Waals surface area (Å²) in [5.74, 6) is -2.14. The molecule has 1 aromatic rings. The monoisotopic (exact) mass is 326 g/mol. The van der Waals surface area contributed by atoms with E-state index in [-0.39, 0.29) is 0 Å². The van der Waals surface area contributed by atoms with E-state index in [1.807, 2.05) is 5.43 Å². The molecule has 0 spiro atoms. The fraction of sp³-hybridized carbons (Fsp3) is 0.214. The Bertz CT molecular complexity index is 615. The van der Waals surface area contributed by atoms with Gasteiger partial charge in [-0.3, -0.25) is 20.4 Å². The van der Waals surface area contributed by atoms with Crippen molar-refractivity contribution in [1.82, 2.24) is 10.9 Å². The van der Waals surface area contributed by atoms with Crippen LogP contribution in [-0.2, 0) is 14.4 Å². The van der Waals surface area contributed by atoms with Gasteiger partial charge in [0.25, 0.3) is 11.8 Å². The number of halogens is 1. The number of benzene rings is 1. The summed E-state index contributed by atoms with van der Waals surface area (Å²) in [4.78, 5) is 33.2. The predicted molar refractivity (Wildman–Crippen MR) is 79.3 cm³/mol. The quantitative estimate of drug-likeness (QED) is 0.557. The molecule has 0 bridgehead atoms. The highest BCUT2D eigenvalue weighted by Gasteiger charge is 2.16. The largest absolute Gasteiger partial charge is 0.481 e. The van der Waals surface area contributed by atoms with Gasteiger partial charge in [-0.1, -0.05) is 11.6 Å². The Labute approximate surface area is 131 Å². The van der Waals surface area contributed by atoms with Crippen molar-refractivity contribution < 1.29 is 24.2 Å². The second kappa shape index (κ2) is 8.04. The molecule has 3 N–H and O–H groups in total. The average Bonchev–Trinajstić information content (AvgIpc) is 2.45. The second-order valence-electron chi connectivity index (χ2n) is 4.32. The molecule has 0 aliphatic rings. The van der Waals surface area contributed by atoms with E-state index < -0.39 is 23.9 Å². The first-order valence-corrected chi connectivity index (χ1v) is 6.61. The van der Waals surface area contributed by atoms with Crippen LogP contribution in [0.5, 0.6) is 5.75 Å². The molecule has 0 aromatic heterocycles. The minimum atomic E-state index is -1.27. The molecule has 0 radical (unpaired) electrons. The summed E-state index contributed by atoms with van der Waals surface area (Å²) in [5.41, 5.74) is 4.93. The zero-order valence-electron chi connectivity index (χ0n) is 11.9. The highest BCUT2D eigenvalue weighted by Crippen LogP contribution is 2.22. The van der Waals surface area contributed by atoms with Gasteiger partial charge < -0.3 is 9.84 Å². The Kier molecular flexibility index (Phi) is 6.40. The number of hydrogen-bond acceptors (Lipinski definition) is 4. The van der Waals surface area contributed by atoms with E-state index in [1.54, 1.807) is 25.1 Å². The third-order valence-electron chi connectivity index (χ3n) is 2.50. The summed E-state index contributed by atoms with van der Waals surface area (Å²) in [7, 11) is 0. The summed E-state index contributed by atoms with van der Waals surface area (Å²) in [6.45, 7) is 3.28. The van der Waals surface area contributed by atoms with Crippen molar-refractivity contribution in [2.75, 3.05) is 0 Å². The number of carbonyl (C=O) groups is 3. The topological polar surface area (TPSA) is 105 Å². The van der Waals surface area contributed by atoms with E-state index in [4.69, 9.17) is 21.4 Å². The summed E-state index contributed by atoms with van der Waals surface area (Å²) in [5, 5.41) is 8.91. The number of aryl methyl sites for hydroxylation is 1. The Morgan fingerprint density at radius 3 is 2.55 bits per heavy atom. The van der Waals surface area contributed by atoms with Crippen molar-refractivity contribution in [2.24, 2.45) is 0 Å². The van der Waals surface area contributed by atoms with Gasteiger partial charge in [-0.05, 0) is 37.6 Å². The maximum absolute atomic E-state index is 11.8. The van der Waals surface area contributed by atoms with Crippen LogP contribution in [0.15, 0.2) is 30.4 Å². The molecular formula is C14H15ClN2O5. The normalized spacial score (nSPS) is 11.8. The van der Waals surface area contributed by atoms with Crippen LogP contribution in [0.1, 0.15) is 12.5 Å². The average molecular weight is 327 g/mol. The SMILES string of the molecule is Cc1cc(Cl)ccc1O[C@H](C)C(=O)NNC(=O)/C=C/C(=O)O. The number of aliphatic carboxylic acids is 1. The fourth-order valence-electron chi connectivity index (χ4n) is 1.40. The van der Waals surface area contributed by atoms with Gasteiger partial charge >= 0.3 is 5.97 Å². The summed E-state index contributed by atoms with van der Waals surface area (Å²) < 4.78 is 5.46. The van der Waals surface area contributed by atoms with E-state index in [9.17, 15) is 14.4 Å². The Hall–Kier alpha value is -2.54. The summed E-state index contributed by atoms with van der Waals surface area (Å²) in [6, 6.07) is 4.96. The maximum Gasteiger partial charge on any atom is 0.328 e. The standard InChI is InChI=1S/C14H15ClN2O5/c1-8-7-10(15)3-4-11(8)22-9(2)14(21)17-16-12(18)5-6-13(19)20/h3-7,9H,1-2H3,(H,16,18)(H,17,21)(H,19,20)/b6-5+/t9-/m1/s1. The van der Waals surface area contributed by atoms with E-state index >= 15 is 0 Å². The lowest BCUT2D eigenvalue weighted by molar-refractivity contribution is -0.132. The molecule has 8 heteroatoms. The zero-order valence-corrected chi connectivity index (χ0v) is 12.7. The molecule has 0 heterocycles. The van der Waals surface area contributed by atoms with Crippen molar-refractivity contribution in [3.63, 3.8) is 0 Å². The summed E-state index contributed by atoms with van der Waals surface area (Å²) >= 11 is 5.82. The molecule has 7 nitrogen and oxygen atoms in total. The lowest BCUT2D eigenvalue weighted by Gasteiger charge is -2.16. The number of carbonyl (C=O) groups excluding carboxylic acids is 2. The Balaban J connectivity index is 2.51. The van der Waals surface area contributed by atoms with Crippen molar-refractivity contribution >= 4 is 29.4 Å². The number of hydrogen-bond donors (Lipinski definition) is 3. The van der Waals surface area contributed by atoms with Crippen molar-refractivity contribution in [1.29, 1.82) is 0 Å². The number of amides is 2. The smallest absolute Gasteiger partial charge is 0.328 e. The number of hydrazine groups is 1. The van der Waals surface area contributed by atoms with Crippen LogP contribution in [0.4, 0.5) is 0 Å². The van der Waals surface area contributed by atoms with Gasteiger partial charge in [-0.2, -0.15) is 0 Å². The number of nitrogens with one attached hydrogen (secondary N) is 2. The minimum Gasteiger partial charge on any atom is -0.481 e. The molecule has 0 aliphatic heterocycles. The van der Waals surface area contributed by atoms with Crippen LogP contribution in [-0.4, -0.2) is 29.0 Å². The van der Waals surface area contributed by atoms with Crippen LogP contribution in [0.2, 0.25) is 5.02 Å². The molecular weight excluding hydrogens is 312 g/mol. The molecule has 0 fully saturated rings. The number of rotatable bonds is 5. The van der Waals surface area contributed by atoms with Crippen LogP contribution in [0, 0.1) is 6.92 Å². The van der Waals surface area contributed by atoms with Gasteiger partial charge in [0.15, 0.2) is 6.10 Å². The molecule has 22 heavy (non-hydrogen) atoms. The van der Waals surface area contributed by atoms with E-state index in [0.717, 1.165) is 11.6 Å². The van der Waals surface area contributed by atoms with E-state index in [2.05, 4.69) is 5.43 Å². The molecule has 0 saturated heterocycles. The molecule has 1 aromatic carbocycles. The highest BCUT2D eigenvalue weighted by atomic mass is 35.5. The number of carboxylic acid groups (broad SMARTS) is 1. The molecule has 118 valence electrons. The molecule has 0 saturated carbocycles. The van der Waals surface area contributed by atoms with Gasteiger partial charge in [0.05, 0.1) is 0 Å². The minimum absolute atomic E-state index is 0.490. The van der Waals surface area contributed by atoms with E-state index in [0.29, 0.717) is 16.8 Å². The molecule has 0 aliphatic carbocycles. The first kappa shape index (κ1) is 17.5. The molecule has 1 rings (SSSR count).